The molecule has 0 spiro atoms. The quantitative estimate of drug-likeness (QED) is 0.419. The van der Waals surface area contributed by atoms with Crippen molar-refractivity contribution in [1.82, 2.24) is 0 Å². The second kappa shape index (κ2) is 3.72. The molecule has 0 aliphatic rings. The highest BCUT2D eigenvalue weighted by molar-refractivity contribution is 7.81. The molecule has 0 nitrogen and oxygen atoms in total. The van der Waals surface area contributed by atoms with Gasteiger partial charge in [0.2, 0.25) is 0 Å². The number of hydrogen-bond acceptors (Lipinski definition) is 2. The van der Waals surface area contributed by atoms with Crippen molar-refractivity contribution < 1.29 is 0 Å². The summed E-state index contributed by atoms with van der Waals surface area (Å²) in [6.45, 7) is 0. The van der Waals surface area contributed by atoms with Gasteiger partial charge in [0.15, 0.2) is 0 Å². The van der Waals surface area contributed by atoms with Crippen molar-refractivity contribution >= 4 is 46.8 Å². The van der Waals surface area contributed by atoms with Crippen molar-refractivity contribution in [3.63, 3.8) is 0 Å². The standard InChI is InChI=1S/C14H10S2/c15-13-9-5-1-2-6-10(9)14(16)12-8-4-3-7-11(12)13/h1-8,15-16H. The monoisotopic (exact) mass is 242 g/mol. The van der Waals surface area contributed by atoms with Crippen molar-refractivity contribution in [2.24, 2.45) is 0 Å². The highest BCUT2D eigenvalue weighted by Crippen LogP contribution is 2.36. The van der Waals surface area contributed by atoms with E-state index in [1.165, 1.54) is 0 Å². The van der Waals surface area contributed by atoms with E-state index in [0.717, 1.165) is 31.3 Å². The van der Waals surface area contributed by atoms with E-state index >= 15 is 0 Å². The number of rotatable bonds is 0. The van der Waals surface area contributed by atoms with Crippen molar-refractivity contribution in [2.45, 2.75) is 9.79 Å². The van der Waals surface area contributed by atoms with Crippen LogP contribution in [0.2, 0.25) is 0 Å². The largest absolute Gasteiger partial charge is 0.142 e. The maximum atomic E-state index is 4.63. The SMILES string of the molecule is Sc1c2ccccc2c(S)c2ccccc12. The molecule has 0 bridgehead atoms. The van der Waals surface area contributed by atoms with Crippen LogP contribution in [0.1, 0.15) is 0 Å². The van der Waals surface area contributed by atoms with Crippen LogP contribution < -0.4 is 0 Å². The first kappa shape index (κ1) is 10.1. The Labute approximate surface area is 105 Å². The first-order valence-corrected chi connectivity index (χ1v) is 6.00. The fourth-order valence-corrected chi connectivity index (χ4v) is 2.86. The van der Waals surface area contributed by atoms with Crippen LogP contribution in [0.15, 0.2) is 58.3 Å². The molecule has 2 heteroatoms. The van der Waals surface area contributed by atoms with Crippen molar-refractivity contribution in [3.05, 3.63) is 48.5 Å². The predicted octanol–water partition coefficient (Wildman–Crippen LogP) is 4.57. The molecular weight excluding hydrogens is 232 g/mol. The third-order valence-electron chi connectivity index (χ3n) is 2.87. The first-order valence-electron chi connectivity index (χ1n) is 5.10. The third kappa shape index (κ3) is 1.34. The van der Waals surface area contributed by atoms with Crippen LogP contribution in [0, 0.1) is 0 Å². The summed E-state index contributed by atoms with van der Waals surface area (Å²) < 4.78 is 0. The fourth-order valence-electron chi connectivity index (χ4n) is 2.08. The Morgan fingerprint density at radius 1 is 0.500 bits per heavy atom. The van der Waals surface area contributed by atoms with Crippen LogP contribution in [0.3, 0.4) is 0 Å². The number of benzene rings is 3. The lowest BCUT2D eigenvalue weighted by Crippen LogP contribution is -1.82. The van der Waals surface area contributed by atoms with Gasteiger partial charge >= 0.3 is 0 Å². The maximum Gasteiger partial charge on any atom is 0.0198 e. The zero-order chi connectivity index (χ0) is 11.1. The van der Waals surface area contributed by atoms with Gasteiger partial charge in [-0.05, 0) is 21.5 Å². The predicted molar refractivity (Wildman–Crippen MR) is 76.0 cm³/mol. The maximum absolute atomic E-state index is 4.63. The second-order valence-corrected chi connectivity index (χ2v) is 4.68. The molecule has 0 aliphatic heterocycles. The minimum atomic E-state index is 1.03. The van der Waals surface area contributed by atoms with Gasteiger partial charge in [-0.25, -0.2) is 0 Å². The molecule has 0 saturated carbocycles. The molecule has 0 fully saturated rings. The molecule has 0 amide bonds. The van der Waals surface area contributed by atoms with Crippen LogP contribution in [-0.2, 0) is 0 Å². The van der Waals surface area contributed by atoms with E-state index in [0.29, 0.717) is 0 Å². The van der Waals surface area contributed by atoms with Crippen LogP contribution in [0.4, 0.5) is 0 Å². The molecule has 78 valence electrons. The molecule has 3 aromatic carbocycles. The van der Waals surface area contributed by atoms with E-state index in [-0.39, 0.29) is 0 Å². The third-order valence-corrected chi connectivity index (χ3v) is 3.84. The highest BCUT2D eigenvalue weighted by Gasteiger charge is 2.07. The zero-order valence-electron chi connectivity index (χ0n) is 8.51. The Hall–Kier alpha value is -1.12. The Kier molecular flexibility index (Phi) is 2.34. The van der Waals surface area contributed by atoms with Crippen molar-refractivity contribution in [1.29, 1.82) is 0 Å². The summed E-state index contributed by atoms with van der Waals surface area (Å²) in [5.41, 5.74) is 0. The molecule has 16 heavy (non-hydrogen) atoms. The Morgan fingerprint density at radius 2 is 0.750 bits per heavy atom. The summed E-state index contributed by atoms with van der Waals surface area (Å²) in [5, 5.41) is 4.65. The first-order chi connectivity index (χ1) is 7.79. The van der Waals surface area contributed by atoms with Gasteiger partial charge in [0, 0.05) is 9.79 Å². The molecule has 0 atom stereocenters. The lowest BCUT2D eigenvalue weighted by atomic mass is 10.0. The topological polar surface area (TPSA) is 0 Å². The molecular formula is C14H10S2. The van der Waals surface area contributed by atoms with Gasteiger partial charge in [0.25, 0.3) is 0 Å². The smallest absolute Gasteiger partial charge is 0.0198 e. The molecule has 0 aliphatic carbocycles. The van der Waals surface area contributed by atoms with Gasteiger partial charge in [-0.15, -0.1) is 25.3 Å². The summed E-state index contributed by atoms with van der Waals surface area (Å²) in [6.07, 6.45) is 0. The average Bonchev–Trinajstić information content (AvgIpc) is 2.36. The Morgan fingerprint density at radius 3 is 1.00 bits per heavy atom. The van der Waals surface area contributed by atoms with Crippen LogP contribution in [0.5, 0.6) is 0 Å². The van der Waals surface area contributed by atoms with Crippen molar-refractivity contribution in [3.8, 4) is 0 Å². The van der Waals surface area contributed by atoms with Crippen LogP contribution >= 0.6 is 25.3 Å². The lowest BCUT2D eigenvalue weighted by Gasteiger charge is -2.09. The lowest BCUT2D eigenvalue weighted by molar-refractivity contribution is 1.55. The van der Waals surface area contributed by atoms with E-state index in [2.05, 4.69) is 49.5 Å². The van der Waals surface area contributed by atoms with Crippen LogP contribution in [-0.4, -0.2) is 0 Å². The van der Waals surface area contributed by atoms with Gasteiger partial charge in [-0.3, -0.25) is 0 Å². The highest BCUT2D eigenvalue weighted by atomic mass is 32.1. The minimum absolute atomic E-state index is 1.03. The van der Waals surface area contributed by atoms with Crippen LogP contribution in [0.25, 0.3) is 21.5 Å². The minimum Gasteiger partial charge on any atom is -0.142 e. The fraction of sp³-hybridized carbons (Fsp3) is 0. The second-order valence-electron chi connectivity index (χ2n) is 3.79. The van der Waals surface area contributed by atoms with Gasteiger partial charge in [-0.2, -0.15) is 0 Å². The van der Waals surface area contributed by atoms with Gasteiger partial charge < -0.3 is 0 Å². The molecule has 0 saturated heterocycles. The van der Waals surface area contributed by atoms with E-state index < -0.39 is 0 Å². The normalized spacial score (nSPS) is 11.1. The number of fused-ring (bicyclic) bond motifs is 2. The summed E-state index contributed by atoms with van der Waals surface area (Å²) in [7, 11) is 0. The molecule has 0 aromatic heterocycles. The van der Waals surface area contributed by atoms with E-state index in [1.54, 1.807) is 0 Å². The zero-order valence-corrected chi connectivity index (χ0v) is 10.3. The molecule has 3 rings (SSSR count). The average molecular weight is 242 g/mol. The molecule has 0 radical (unpaired) electrons. The number of thiol groups is 2. The number of hydrogen-bond donors (Lipinski definition) is 2. The van der Waals surface area contributed by atoms with E-state index in [1.807, 2.05) is 24.3 Å². The van der Waals surface area contributed by atoms with Crippen molar-refractivity contribution in [2.75, 3.05) is 0 Å². The Bertz CT molecular complexity index is 570. The summed E-state index contributed by atoms with van der Waals surface area (Å²) in [4.78, 5) is 2.06. The molecule has 0 N–H and O–H groups in total. The summed E-state index contributed by atoms with van der Waals surface area (Å²) >= 11 is 9.26. The van der Waals surface area contributed by atoms with Gasteiger partial charge in [0.05, 0.1) is 0 Å². The summed E-state index contributed by atoms with van der Waals surface area (Å²) in [6, 6.07) is 16.5. The van der Waals surface area contributed by atoms with E-state index in [4.69, 9.17) is 0 Å². The molecule has 3 aromatic rings. The van der Waals surface area contributed by atoms with Gasteiger partial charge in [0.1, 0.15) is 0 Å². The van der Waals surface area contributed by atoms with E-state index in [9.17, 15) is 0 Å². The molecule has 0 unspecified atom stereocenters. The van der Waals surface area contributed by atoms with Gasteiger partial charge in [-0.1, -0.05) is 48.5 Å². The Balaban J connectivity index is 2.67. The summed E-state index contributed by atoms with van der Waals surface area (Å²) in [5.74, 6) is 0. The molecule has 0 heterocycles.